The quantitative estimate of drug-likeness (QED) is 0.538. The zero-order valence-corrected chi connectivity index (χ0v) is 14.9. The number of ether oxygens (including phenoxy) is 1. The second kappa shape index (κ2) is 7.64. The summed E-state index contributed by atoms with van der Waals surface area (Å²) in [5.74, 6) is 1.11. The average Bonchev–Trinajstić information content (AvgIpc) is 3.17. The van der Waals surface area contributed by atoms with Gasteiger partial charge in [-0.15, -0.1) is 0 Å². The van der Waals surface area contributed by atoms with E-state index in [9.17, 15) is 4.79 Å². The third-order valence-corrected chi connectivity index (χ3v) is 4.28. The summed E-state index contributed by atoms with van der Waals surface area (Å²) in [6.07, 6.45) is 4.97. The first-order chi connectivity index (χ1) is 13.7. The van der Waals surface area contributed by atoms with Gasteiger partial charge in [0.1, 0.15) is 5.75 Å². The zero-order chi connectivity index (χ0) is 19.3. The Labute approximate surface area is 161 Å². The number of nitriles is 1. The summed E-state index contributed by atoms with van der Waals surface area (Å²) >= 11 is 0. The summed E-state index contributed by atoms with van der Waals surface area (Å²) in [6, 6.07) is 22.0. The van der Waals surface area contributed by atoms with Crippen LogP contribution in [0.4, 0.5) is 0 Å². The number of hydrogen-bond acceptors (Lipinski definition) is 4. The molecule has 2 heterocycles. The van der Waals surface area contributed by atoms with Gasteiger partial charge in [-0.2, -0.15) is 5.26 Å². The third-order valence-electron chi connectivity index (χ3n) is 4.28. The fraction of sp³-hybridized carbons (Fsp3) is 0.0455. The monoisotopic (exact) mass is 368 g/mol. The number of benzene rings is 2. The molecule has 0 aliphatic heterocycles. The van der Waals surface area contributed by atoms with E-state index in [1.807, 2.05) is 36.4 Å². The lowest BCUT2D eigenvalue weighted by Gasteiger charge is -2.11. The van der Waals surface area contributed by atoms with Gasteiger partial charge in [0.05, 0.1) is 30.7 Å². The highest BCUT2D eigenvalue weighted by atomic mass is 16.5. The van der Waals surface area contributed by atoms with E-state index in [1.54, 1.807) is 58.2 Å². The van der Waals surface area contributed by atoms with Crippen molar-refractivity contribution in [2.45, 2.75) is 6.54 Å². The van der Waals surface area contributed by atoms with Crippen LogP contribution in [0.5, 0.6) is 11.6 Å². The van der Waals surface area contributed by atoms with E-state index < -0.39 is 0 Å². The van der Waals surface area contributed by atoms with Crippen molar-refractivity contribution in [1.82, 2.24) is 14.1 Å². The SMILES string of the molecule is N#Cc1ccc(Oc2cncn2Cc2cccn(-c3ccccc3)c2=O)cc1. The van der Waals surface area contributed by atoms with Gasteiger partial charge in [-0.1, -0.05) is 24.3 Å². The second-order valence-electron chi connectivity index (χ2n) is 6.14. The Hall–Kier alpha value is -4.11. The van der Waals surface area contributed by atoms with Crippen LogP contribution >= 0.6 is 0 Å². The van der Waals surface area contributed by atoms with Gasteiger partial charge in [0.2, 0.25) is 5.88 Å². The molecule has 136 valence electrons. The van der Waals surface area contributed by atoms with E-state index in [0.717, 1.165) is 5.69 Å². The summed E-state index contributed by atoms with van der Waals surface area (Å²) in [6.45, 7) is 0.331. The average molecular weight is 368 g/mol. The summed E-state index contributed by atoms with van der Waals surface area (Å²) in [5, 5.41) is 8.89. The van der Waals surface area contributed by atoms with Gasteiger partial charge >= 0.3 is 0 Å². The Kier molecular flexibility index (Phi) is 4.72. The number of aromatic nitrogens is 3. The van der Waals surface area contributed by atoms with Crippen molar-refractivity contribution in [3.8, 4) is 23.4 Å². The molecule has 6 heteroatoms. The fourth-order valence-electron chi connectivity index (χ4n) is 2.87. The molecule has 0 spiro atoms. The van der Waals surface area contributed by atoms with Gasteiger partial charge in [-0.3, -0.25) is 13.9 Å². The Bertz CT molecular complexity index is 1190. The van der Waals surface area contributed by atoms with Crippen LogP contribution in [0, 0.1) is 11.3 Å². The van der Waals surface area contributed by atoms with Crippen molar-refractivity contribution in [1.29, 1.82) is 5.26 Å². The van der Waals surface area contributed by atoms with Gasteiger partial charge in [-0.25, -0.2) is 4.98 Å². The van der Waals surface area contributed by atoms with Crippen molar-refractivity contribution in [3.05, 3.63) is 107 Å². The van der Waals surface area contributed by atoms with Crippen LogP contribution < -0.4 is 10.3 Å². The van der Waals surface area contributed by atoms with Crippen LogP contribution in [0.25, 0.3) is 5.69 Å². The predicted octanol–water partition coefficient (Wildman–Crippen LogP) is 3.75. The van der Waals surface area contributed by atoms with Crippen molar-refractivity contribution < 1.29 is 4.74 Å². The number of imidazole rings is 1. The fourth-order valence-corrected chi connectivity index (χ4v) is 2.87. The molecule has 6 nitrogen and oxygen atoms in total. The minimum atomic E-state index is -0.0910. The Morgan fingerprint density at radius 2 is 1.79 bits per heavy atom. The first-order valence-corrected chi connectivity index (χ1v) is 8.69. The maximum absolute atomic E-state index is 12.9. The van der Waals surface area contributed by atoms with E-state index in [0.29, 0.717) is 29.3 Å². The predicted molar refractivity (Wildman–Crippen MR) is 105 cm³/mol. The molecule has 0 atom stereocenters. The molecule has 2 aromatic heterocycles. The molecule has 28 heavy (non-hydrogen) atoms. The van der Waals surface area contributed by atoms with Gasteiger partial charge in [0.25, 0.3) is 5.56 Å². The van der Waals surface area contributed by atoms with Gasteiger partial charge in [0.15, 0.2) is 0 Å². The van der Waals surface area contributed by atoms with E-state index in [4.69, 9.17) is 10.00 Å². The van der Waals surface area contributed by atoms with Crippen LogP contribution in [0.1, 0.15) is 11.1 Å². The van der Waals surface area contributed by atoms with E-state index in [2.05, 4.69) is 11.1 Å². The summed E-state index contributed by atoms with van der Waals surface area (Å²) < 4.78 is 9.24. The van der Waals surface area contributed by atoms with Crippen LogP contribution in [-0.4, -0.2) is 14.1 Å². The van der Waals surface area contributed by atoms with E-state index in [1.165, 1.54) is 0 Å². The first kappa shape index (κ1) is 17.3. The molecular weight excluding hydrogens is 352 g/mol. The molecule has 4 rings (SSSR count). The highest BCUT2D eigenvalue weighted by Gasteiger charge is 2.10. The minimum absolute atomic E-state index is 0.0910. The molecule has 0 fully saturated rings. The molecule has 0 unspecified atom stereocenters. The minimum Gasteiger partial charge on any atom is -0.439 e. The standard InChI is InChI=1S/C22H16N4O2/c23-13-17-8-10-20(11-9-17)28-21-14-24-16-25(21)15-18-5-4-12-26(22(18)27)19-6-2-1-3-7-19/h1-12,14,16H,15H2. The molecule has 0 radical (unpaired) electrons. The van der Waals surface area contributed by atoms with Crippen molar-refractivity contribution >= 4 is 0 Å². The van der Waals surface area contributed by atoms with Gasteiger partial charge < -0.3 is 4.74 Å². The topological polar surface area (TPSA) is 72.8 Å². The van der Waals surface area contributed by atoms with Crippen LogP contribution in [0.2, 0.25) is 0 Å². The summed E-state index contributed by atoms with van der Waals surface area (Å²) in [5.41, 5.74) is 1.90. The Balaban J connectivity index is 1.60. The maximum atomic E-state index is 12.9. The van der Waals surface area contributed by atoms with Gasteiger partial charge in [0, 0.05) is 17.4 Å². The zero-order valence-electron chi connectivity index (χ0n) is 14.9. The second-order valence-corrected chi connectivity index (χ2v) is 6.14. The van der Waals surface area contributed by atoms with Crippen molar-refractivity contribution in [2.75, 3.05) is 0 Å². The highest BCUT2D eigenvalue weighted by molar-refractivity contribution is 5.36. The molecule has 2 aromatic carbocycles. The Morgan fingerprint density at radius 1 is 1.00 bits per heavy atom. The highest BCUT2D eigenvalue weighted by Crippen LogP contribution is 2.22. The lowest BCUT2D eigenvalue weighted by molar-refractivity contribution is 0.435. The summed E-state index contributed by atoms with van der Waals surface area (Å²) in [7, 11) is 0. The molecule has 0 saturated heterocycles. The Morgan fingerprint density at radius 3 is 2.54 bits per heavy atom. The molecule has 0 amide bonds. The number of para-hydroxylation sites is 1. The third kappa shape index (κ3) is 3.55. The van der Waals surface area contributed by atoms with Crippen LogP contribution in [-0.2, 0) is 6.54 Å². The smallest absolute Gasteiger partial charge is 0.260 e. The number of pyridine rings is 1. The largest absolute Gasteiger partial charge is 0.439 e. The van der Waals surface area contributed by atoms with Crippen molar-refractivity contribution in [2.24, 2.45) is 0 Å². The number of rotatable bonds is 5. The first-order valence-electron chi connectivity index (χ1n) is 8.69. The normalized spacial score (nSPS) is 10.4. The molecule has 0 aliphatic carbocycles. The number of hydrogen-bond donors (Lipinski definition) is 0. The van der Waals surface area contributed by atoms with Gasteiger partial charge in [-0.05, 0) is 42.5 Å². The van der Waals surface area contributed by atoms with Crippen molar-refractivity contribution in [3.63, 3.8) is 0 Å². The van der Waals surface area contributed by atoms with E-state index >= 15 is 0 Å². The van der Waals surface area contributed by atoms with Crippen LogP contribution in [0.3, 0.4) is 0 Å². The lowest BCUT2D eigenvalue weighted by Crippen LogP contribution is -2.22. The number of nitrogens with zero attached hydrogens (tertiary/aromatic N) is 4. The summed E-state index contributed by atoms with van der Waals surface area (Å²) in [4.78, 5) is 17.0. The maximum Gasteiger partial charge on any atom is 0.260 e. The van der Waals surface area contributed by atoms with E-state index in [-0.39, 0.29) is 5.56 Å². The molecule has 0 aliphatic rings. The molecular formula is C22H16N4O2. The molecule has 4 aromatic rings. The molecule has 0 N–H and O–H groups in total. The lowest BCUT2D eigenvalue weighted by atomic mass is 10.2. The molecule has 0 saturated carbocycles. The molecule has 0 bridgehead atoms. The van der Waals surface area contributed by atoms with Crippen LogP contribution in [0.15, 0.2) is 90.2 Å².